The molecule has 0 unspecified atom stereocenters. The SMILES string of the molecule is CC[C@@H](C(=O)NC1CCCCC1)N(Cc1ccc(OC)cc1)C(=O)CN(c1cccc(Cl)c1C)S(C)(=O)=O. The number of halogens is 1. The number of amides is 2. The minimum absolute atomic E-state index is 0.0878. The van der Waals surface area contributed by atoms with Gasteiger partial charge in [0.05, 0.1) is 19.1 Å². The van der Waals surface area contributed by atoms with Gasteiger partial charge in [-0.15, -0.1) is 0 Å². The van der Waals surface area contributed by atoms with Crippen LogP contribution in [0.4, 0.5) is 5.69 Å². The van der Waals surface area contributed by atoms with Gasteiger partial charge in [-0.3, -0.25) is 13.9 Å². The molecule has 38 heavy (non-hydrogen) atoms. The number of carbonyl (C=O) groups excluding carboxylic acids is 2. The van der Waals surface area contributed by atoms with Crippen LogP contribution in [0.5, 0.6) is 5.75 Å². The molecule has 1 aliphatic carbocycles. The van der Waals surface area contributed by atoms with Crippen LogP contribution in [0.1, 0.15) is 56.6 Å². The molecule has 2 amide bonds. The van der Waals surface area contributed by atoms with Crippen molar-refractivity contribution in [3.05, 3.63) is 58.6 Å². The molecule has 2 aromatic carbocycles. The van der Waals surface area contributed by atoms with Crippen LogP contribution in [-0.4, -0.2) is 57.1 Å². The molecule has 0 spiro atoms. The van der Waals surface area contributed by atoms with Crippen molar-refractivity contribution in [2.45, 2.75) is 71.0 Å². The van der Waals surface area contributed by atoms with E-state index in [2.05, 4.69) is 5.32 Å². The minimum Gasteiger partial charge on any atom is -0.497 e. The molecule has 0 radical (unpaired) electrons. The Morgan fingerprint density at radius 1 is 1.11 bits per heavy atom. The van der Waals surface area contributed by atoms with Crippen LogP contribution in [-0.2, 0) is 26.2 Å². The lowest BCUT2D eigenvalue weighted by atomic mass is 9.95. The Kier molecular flexibility index (Phi) is 10.4. The van der Waals surface area contributed by atoms with Crippen LogP contribution in [0.15, 0.2) is 42.5 Å². The smallest absolute Gasteiger partial charge is 0.244 e. The van der Waals surface area contributed by atoms with Gasteiger partial charge in [-0.2, -0.15) is 0 Å². The standard InChI is InChI=1S/C28H38ClN3O5S/c1-5-25(28(34)30-22-10-7-6-8-11-22)31(18-21-14-16-23(37-3)17-15-21)27(33)19-32(38(4,35)36)26-13-9-12-24(29)20(26)2/h9,12-17,22,25H,5-8,10-11,18-19H2,1-4H3,(H,30,34)/t25-/m0/s1. The molecule has 1 saturated carbocycles. The van der Waals surface area contributed by atoms with E-state index in [4.69, 9.17) is 16.3 Å². The van der Waals surface area contributed by atoms with Gasteiger partial charge >= 0.3 is 0 Å². The topological polar surface area (TPSA) is 96.0 Å². The Morgan fingerprint density at radius 2 is 1.76 bits per heavy atom. The van der Waals surface area contributed by atoms with Crippen molar-refractivity contribution in [1.82, 2.24) is 10.2 Å². The number of sulfonamides is 1. The summed E-state index contributed by atoms with van der Waals surface area (Å²) >= 11 is 6.27. The number of benzene rings is 2. The Hall–Kier alpha value is -2.78. The first kappa shape index (κ1) is 29.8. The molecule has 8 nitrogen and oxygen atoms in total. The molecule has 0 heterocycles. The van der Waals surface area contributed by atoms with Gasteiger partial charge in [0.15, 0.2) is 0 Å². The molecule has 1 fully saturated rings. The van der Waals surface area contributed by atoms with Crippen molar-refractivity contribution < 1.29 is 22.7 Å². The summed E-state index contributed by atoms with van der Waals surface area (Å²) in [6.07, 6.45) is 6.58. The maximum atomic E-state index is 13.9. The predicted octanol–water partition coefficient (Wildman–Crippen LogP) is 4.68. The molecule has 1 aliphatic rings. The third-order valence-corrected chi connectivity index (χ3v) is 8.57. The fourth-order valence-electron chi connectivity index (χ4n) is 4.85. The highest BCUT2D eigenvalue weighted by Gasteiger charge is 2.33. The molecular weight excluding hydrogens is 526 g/mol. The van der Waals surface area contributed by atoms with E-state index in [0.717, 1.165) is 48.2 Å². The summed E-state index contributed by atoms with van der Waals surface area (Å²) < 4.78 is 32.0. The minimum atomic E-state index is -3.83. The zero-order valence-corrected chi connectivity index (χ0v) is 24.1. The molecular formula is C28H38ClN3O5S. The largest absolute Gasteiger partial charge is 0.497 e. The van der Waals surface area contributed by atoms with Crippen LogP contribution in [0, 0.1) is 6.92 Å². The first-order valence-electron chi connectivity index (χ1n) is 13.0. The molecule has 0 saturated heterocycles. The van der Waals surface area contributed by atoms with E-state index in [1.165, 1.54) is 4.90 Å². The molecule has 10 heteroatoms. The summed E-state index contributed by atoms with van der Waals surface area (Å²) in [6, 6.07) is 11.5. The van der Waals surface area contributed by atoms with Gasteiger partial charge in [0.2, 0.25) is 21.8 Å². The number of nitrogens with one attached hydrogen (secondary N) is 1. The highest BCUT2D eigenvalue weighted by molar-refractivity contribution is 7.92. The van der Waals surface area contributed by atoms with E-state index < -0.39 is 28.5 Å². The number of carbonyl (C=O) groups is 2. The normalized spacial score (nSPS) is 15.0. The van der Waals surface area contributed by atoms with Crippen molar-refractivity contribution in [2.24, 2.45) is 0 Å². The van der Waals surface area contributed by atoms with E-state index in [1.54, 1.807) is 44.4 Å². The second-order valence-electron chi connectivity index (χ2n) is 9.79. The van der Waals surface area contributed by atoms with E-state index in [0.29, 0.717) is 28.4 Å². The zero-order chi connectivity index (χ0) is 27.9. The highest BCUT2D eigenvalue weighted by Crippen LogP contribution is 2.29. The third-order valence-electron chi connectivity index (χ3n) is 7.04. The van der Waals surface area contributed by atoms with Gasteiger partial charge in [0, 0.05) is 17.6 Å². The average Bonchev–Trinajstić information content (AvgIpc) is 2.89. The number of nitrogens with zero attached hydrogens (tertiary/aromatic N) is 2. The van der Waals surface area contributed by atoms with Crippen LogP contribution < -0.4 is 14.4 Å². The van der Waals surface area contributed by atoms with Gasteiger partial charge in [-0.25, -0.2) is 8.42 Å². The summed E-state index contributed by atoms with van der Waals surface area (Å²) in [4.78, 5) is 28.8. The quantitative estimate of drug-likeness (QED) is 0.428. The number of ether oxygens (including phenoxy) is 1. The predicted molar refractivity (Wildman–Crippen MR) is 151 cm³/mol. The molecule has 1 N–H and O–H groups in total. The Bertz CT molecular complexity index is 1210. The summed E-state index contributed by atoms with van der Waals surface area (Å²) in [7, 11) is -2.26. The number of anilines is 1. The van der Waals surface area contributed by atoms with Gasteiger partial charge in [-0.1, -0.05) is 56.0 Å². The number of hydrogen-bond donors (Lipinski definition) is 1. The molecule has 208 valence electrons. The van der Waals surface area contributed by atoms with E-state index in [1.807, 2.05) is 19.1 Å². The Labute approximate surface area is 231 Å². The Morgan fingerprint density at radius 3 is 2.34 bits per heavy atom. The van der Waals surface area contributed by atoms with Crippen LogP contribution in [0.3, 0.4) is 0 Å². The van der Waals surface area contributed by atoms with E-state index in [9.17, 15) is 18.0 Å². The van der Waals surface area contributed by atoms with Crippen molar-refractivity contribution in [1.29, 1.82) is 0 Å². The van der Waals surface area contributed by atoms with Crippen molar-refractivity contribution in [3.63, 3.8) is 0 Å². The fraction of sp³-hybridized carbons (Fsp3) is 0.500. The average molecular weight is 564 g/mol. The molecule has 0 bridgehead atoms. The van der Waals surface area contributed by atoms with E-state index in [-0.39, 0.29) is 18.5 Å². The van der Waals surface area contributed by atoms with Crippen molar-refractivity contribution in [3.8, 4) is 5.75 Å². The summed E-state index contributed by atoms with van der Waals surface area (Å²) in [5, 5.41) is 3.54. The summed E-state index contributed by atoms with van der Waals surface area (Å²) in [5.41, 5.74) is 1.68. The van der Waals surface area contributed by atoms with Crippen molar-refractivity contribution >= 4 is 39.1 Å². The van der Waals surface area contributed by atoms with Gasteiger partial charge in [-0.05, 0) is 61.6 Å². The molecule has 0 aromatic heterocycles. The lowest BCUT2D eigenvalue weighted by molar-refractivity contribution is -0.140. The van der Waals surface area contributed by atoms with E-state index >= 15 is 0 Å². The van der Waals surface area contributed by atoms with Crippen molar-refractivity contribution in [2.75, 3.05) is 24.2 Å². The van der Waals surface area contributed by atoms with Crippen LogP contribution >= 0.6 is 11.6 Å². The second-order valence-corrected chi connectivity index (χ2v) is 12.1. The maximum Gasteiger partial charge on any atom is 0.244 e. The van der Waals surface area contributed by atoms with Gasteiger partial charge in [0.1, 0.15) is 18.3 Å². The molecule has 2 aromatic rings. The molecule has 1 atom stereocenters. The Balaban J connectivity index is 1.94. The lowest BCUT2D eigenvalue weighted by Crippen LogP contribution is -2.54. The number of rotatable bonds is 11. The zero-order valence-electron chi connectivity index (χ0n) is 22.6. The van der Waals surface area contributed by atoms with Gasteiger partial charge in [0.25, 0.3) is 0 Å². The summed E-state index contributed by atoms with van der Waals surface area (Å²) in [6.45, 7) is 3.26. The lowest BCUT2D eigenvalue weighted by Gasteiger charge is -2.34. The van der Waals surface area contributed by atoms with Crippen LogP contribution in [0.25, 0.3) is 0 Å². The number of hydrogen-bond acceptors (Lipinski definition) is 5. The monoisotopic (exact) mass is 563 g/mol. The van der Waals surface area contributed by atoms with Crippen LogP contribution in [0.2, 0.25) is 5.02 Å². The molecule has 3 rings (SSSR count). The van der Waals surface area contributed by atoms with Gasteiger partial charge < -0.3 is 15.0 Å². The third kappa shape index (κ3) is 7.63. The summed E-state index contributed by atoms with van der Waals surface area (Å²) in [5.74, 6) is -0.0178. The first-order chi connectivity index (χ1) is 18.0. The number of methoxy groups -OCH3 is 1. The molecule has 0 aliphatic heterocycles. The maximum absolute atomic E-state index is 13.9. The highest BCUT2D eigenvalue weighted by atomic mass is 35.5. The first-order valence-corrected chi connectivity index (χ1v) is 15.2. The fourth-order valence-corrected chi connectivity index (χ4v) is 5.92. The second kappa shape index (κ2) is 13.3.